The van der Waals surface area contributed by atoms with Gasteiger partial charge in [0, 0.05) is 27.7 Å². The molecule has 2 N–H and O–H groups in total. The second-order valence-electron chi connectivity index (χ2n) is 6.83. The van der Waals surface area contributed by atoms with E-state index in [0.717, 1.165) is 4.90 Å². The van der Waals surface area contributed by atoms with Crippen LogP contribution in [0.15, 0.2) is 83.8 Å². The second-order valence-corrected chi connectivity index (χ2v) is 8.54. The van der Waals surface area contributed by atoms with Crippen LogP contribution in [-0.4, -0.2) is 23.1 Å². The molecule has 31 heavy (non-hydrogen) atoms. The van der Waals surface area contributed by atoms with Gasteiger partial charge in [0.15, 0.2) is 0 Å². The number of thioether (sulfide) groups is 1. The number of carbonyl (C=O) groups excluding carboxylic acids is 3. The molecule has 6 nitrogen and oxygen atoms in total. The minimum Gasteiger partial charge on any atom is -0.308 e. The van der Waals surface area contributed by atoms with Crippen molar-refractivity contribution in [3.63, 3.8) is 0 Å². The van der Waals surface area contributed by atoms with Crippen molar-refractivity contribution in [3.8, 4) is 0 Å². The summed E-state index contributed by atoms with van der Waals surface area (Å²) in [6.07, 6.45) is 0.0994. The van der Waals surface area contributed by atoms with Crippen molar-refractivity contribution in [1.82, 2.24) is 0 Å². The molecule has 0 unspecified atom stereocenters. The molecule has 3 aromatic carbocycles. The smallest absolute Gasteiger partial charge is 0.308 e. The Kier molecular flexibility index (Phi) is 6.25. The van der Waals surface area contributed by atoms with Crippen molar-refractivity contribution >= 4 is 58.3 Å². The minimum absolute atomic E-state index is 0.0994. The van der Waals surface area contributed by atoms with Gasteiger partial charge in [0.2, 0.25) is 11.8 Å². The molecule has 3 aromatic rings. The first-order valence-corrected chi connectivity index (χ1v) is 10.8. The Bertz CT molecular complexity index is 1140. The summed E-state index contributed by atoms with van der Waals surface area (Å²) in [7, 11) is 0. The number of halogens is 1. The molecule has 0 aromatic heterocycles. The maximum absolute atomic E-state index is 12.9. The van der Waals surface area contributed by atoms with Crippen LogP contribution in [0.2, 0.25) is 5.02 Å². The van der Waals surface area contributed by atoms with Gasteiger partial charge in [-0.3, -0.25) is 9.59 Å². The number of para-hydroxylation sites is 1. The van der Waals surface area contributed by atoms with E-state index in [4.69, 9.17) is 11.6 Å². The first-order valence-electron chi connectivity index (χ1n) is 9.52. The molecular formula is C23H18ClN3O3S. The van der Waals surface area contributed by atoms with Gasteiger partial charge in [0.1, 0.15) is 0 Å². The average Bonchev–Trinajstić information content (AvgIpc) is 3.02. The normalized spacial score (nSPS) is 15.8. The Balaban J connectivity index is 1.42. The molecule has 8 heteroatoms. The molecular weight excluding hydrogens is 434 g/mol. The number of amides is 4. The molecule has 0 radical (unpaired) electrons. The summed E-state index contributed by atoms with van der Waals surface area (Å²) >= 11 is 7.29. The minimum atomic E-state index is -0.542. The van der Waals surface area contributed by atoms with E-state index in [1.807, 2.05) is 24.3 Å². The highest BCUT2D eigenvalue weighted by Crippen LogP contribution is 2.35. The number of carbonyl (C=O) groups is 3. The second kappa shape index (κ2) is 9.24. The maximum atomic E-state index is 12.9. The van der Waals surface area contributed by atoms with Crippen molar-refractivity contribution < 1.29 is 14.4 Å². The van der Waals surface area contributed by atoms with Gasteiger partial charge in [-0.25, -0.2) is 9.69 Å². The molecule has 0 saturated carbocycles. The van der Waals surface area contributed by atoms with Crippen molar-refractivity contribution in [3.05, 3.63) is 83.9 Å². The summed E-state index contributed by atoms with van der Waals surface area (Å²) in [6.45, 7) is 0. The lowest BCUT2D eigenvalue weighted by Gasteiger charge is -2.15. The van der Waals surface area contributed by atoms with Crippen LogP contribution in [0, 0.1) is 0 Å². The number of hydrogen-bond donors (Lipinski definition) is 2. The largest absolute Gasteiger partial charge is 0.323 e. The molecule has 1 atom stereocenters. The standard InChI is InChI=1S/C23H18ClN3O3S/c24-15-6-4-10-18(12-15)27-21(28)14-20(22(27)29)31-19-11-5-9-17(13-19)26-23(30)25-16-7-2-1-3-8-16/h1-13,20H,14H2,(H2,25,26,30)/t20-/m0/s1. The highest BCUT2D eigenvalue weighted by molar-refractivity contribution is 8.00. The fourth-order valence-electron chi connectivity index (χ4n) is 3.21. The summed E-state index contributed by atoms with van der Waals surface area (Å²) in [5.41, 5.74) is 1.74. The SMILES string of the molecule is O=C(Nc1ccccc1)Nc1cccc(S[C@H]2CC(=O)N(c3cccc(Cl)c3)C2=O)c1. The van der Waals surface area contributed by atoms with Crippen LogP contribution in [0.1, 0.15) is 6.42 Å². The predicted octanol–water partition coefficient (Wildman–Crippen LogP) is 5.41. The van der Waals surface area contributed by atoms with Gasteiger partial charge in [-0.05, 0) is 48.5 Å². The summed E-state index contributed by atoms with van der Waals surface area (Å²) in [5, 5.41) is 5.45. The van der Waals surface area contributed by atoms with Crippen LogP contribution in [0.4, 0.5) is 21.9 Å². The van der Waals surface area contributed by atoms with Crippen LogP contribution in [-0.2, 0) is 9.59 Å². The number of anilines is 3. The molecule has 156 valence electrons. The Labute approximate surface area is 188 Å². The zero-order valence-corrected chi connectivity index (χ0v) is 17.8. The van der Waals surface area contributed by atoms with Crippen LogP contribution >= 0.6 is 23.4 Å². The number of hydrogen-bond acceptors (Lipinski definition) is 4. The molecule has 1 saturated heterocycles. The lowest BCUT2D eigenvalue weighted by molar-refractivity contribution is -0.121. The fourth-order valence-corrected chi connectivity index (χ4v) is 4.51. The quantitative estimate of drug-likeness (QED) is 0.508. The van der Waals surface area contributed by atoms with E-state index >= 15 is 0 Å². The van der Waals surface area contributed by atoms with Gasteiger partial charge in [0.05, 0.1) is 10.9 Å². The number of imide groups is 1. The van der Waals surface area contributed by atoms with Gasteiger partial charge in [-0.15, -0.1) is 11.8 Å². The van der Waals surface area contributed by atoms with Crippen molar-refractivity contribution in [2.75, 3.05) is 15.5 Å². The third kappa shape index (κ3) is 5.07. The van der Waals surface area contributed by atoms with E-state index < -0.39 is 5.25 Å². The number of benzene rings is 3. The average molecular weight is 452 g/mol. The maximum Gasteiger partial charge on any atom is 0.323 e. The third-order valence-corrected chi connectivity index (χ3v) is 5.99. The summed E-state index contributed by atoms with van der Waals surface area (Å²) < 4.78 is 0. The lowest BCUT2D eigenvalue weighted by Crippen LogP contribution is -2.31. The van der Waals surface area contributed by atoms with E-state index in [1.165, 1.54) is 16.7 Å². The summed E-state index contributed by atoms with van der Waals surface area (Å²) in [4.78, 5) is 39.5. The van der Waals surface area contributed by atoms with Crippen LogP contribution in [0.25, 0.3) is 0 Å². The van der Waals surface area contributed by atoms with E-state index in [2.05, 4.69) is 10.6 Å². The van der Waals surface area contributed by atoms with E-state index in [9.17, 15) is 14.4 Å². The first kappa shape index (κ1) is 21.0. The molecule has 1 fully saturated rings. The zero-order chi connectivity index (χ0) is 21.8. The molecule has 0 bridgehead atoms. The summed E-state index contributed by atoms with van der Waals surface area (Å²) in [5.74, 6) is -0.543. The highest BCUT2D eigenvalue weighted by Gasteiger charge is 2.40. The van der Waals surface area contributed by atoms with Gasteiger partial charge >= 0.3 is 6.03 Å². The molecule has 4 rings (SSSR count). The number of urea groups is 1. The van der Waals surface area contributed by atoms with Gasteiger partial charge in [0.25, 0.3) is 0 Å². The third-order valence-electron chi connectivity index (χ3n) is 4.57. The van der Waals surface area contributed by atoms with Crippen molar-refractivity contribution in [1.29, 1.82) is 0 Å². The first-order chi connectivity index (χ1) is 15.0. The zero-order valence-electron chi connectivity index (χ0n) is 16.2. The molecule has 4 amide bonds. The van der Waals surface area contributed by atoms with E-state index in [0.29, 0.717) is 22.1 Å². The number of nitrogens with one attached hydrogen (secondary N) is 2. The highest BCUT2D eigenvalue weighted by atomic mass is 35.5. The Morgan fingerprint density at radius 1 is 0.903 bits per heavy atom. The fraction of sp³-hybridized carbons (Fsp3) is 0.0870. The topological polar surface area (TPSA) is 78.5 Å². The van der Waals surface area contributed by atoms with Crippen LogP contribution in [0.3, 0.4) is 0 Å². The molecule has 1 aliphatic heterocycles. The van der Waals surface area contributed by atoms with E-state index in [-0.39, 0.29) is 24.3 Å². The Hall–Kier alpha value is -3.29. The molecule has 0 spiro atoms. The van der Waals surface area contributed by atoms with Gasteiger partial charge < -0.3 is 10.6 Å². The van der Waals surface area contributed by atoms with Crippen molar-refractivity contribution in [2.45, 2.75) is 16.6 Å². The number of rotatable bonds is 5. The molecule has 1 aliphatic rings. The molecule has 0 aliphatic carbocycles. The number of nitrogens with zero attached hydrogens (tertiary/aromatic N) is 1. The molecule has 1 heterocycles. The summed E-state index contributed by atoms with van der Waals surface area (Å²) in [6, 6.07) is 22.6. The van der Waals surface area contributed by atoms with E-state index in [1.54, 1.807) is 54.6 Å². The Morgan fingerprint density at radius 3 is 2.39 bits per heavy atom. The van der Waals surface area contributed by atoms with Crippen molar-refractivity contribution in [2.24, 2.45) is 0 Å². The Morgan fingerprint density at radius 2 is 1.61 bits per heavy atom. The lowest BCUT2D eigenvalue weighted by atomic mass is 10.3. The van der Waals surface area contributed by atoms with Crippen LogP contribution < -0.4 is 15.5 Å². The van der Waals surface area contributed by atoms with Gasteiger partial charge in [-0.2, -0.15) is 0 Å². The van der Waals surface area contributed by atoms with Gasteiger partial charge in [-0.1, -0.05) is 41.9 Å². The monoisotopic (exact) mass is 451 g/mol. The predicted molar refractivity (Wildman–Crippen MR) is 124 cm³/mol. The van der Waals surface area contributed by atoms with Crippen LogP contribution in [0.5, 0.6) is 0 Å².